The van der Waals surface area contributed by atoms with E-state index in [1.165, 1.54) is 0 Å². The van der Waals surface area contributed by atoms with Crippen molar-refractivity contribution in [2.45, 2.75) is 13.0 Å². The van der Waals surface area contributed by atoms with Crippen LogP contribution >= 0.6 is 23.2 Å². The molecular formula is C16H15Cl2NO2. The highest BCUT2D eigenvalue weighted by Gasteiger charge is 2.19. The predicted molar refractivity (Wildman–Crippen MR) is 86.3 cm³/mol. The SMILES string of the molecule is CC(c1ccc(Cl)cc1)N(CC(=O)O)c1cccc(Cl)c1. The van der Waals surface area contributed by atoms with Crippen molar-refractivity contribution < 1.29 is 9.90 Å². The van der Waals surface area contributed by atoms with Crippen molar-refractivity contribution in [1.82, 2.24) is 0 Å². The smallest absolute Gasteiger partial charge is 0.323 e. The number of carboxylic acid groups (broad SMARTS) is 1. The van der Waals surface area contributed by atoms with Gasteiger partial charge in [0.15, 0.2) is 0 Å². The Labute approximate surface area is 133 Å². The zero-order valence-electron chi connectivity index (χ0n) is 11.5. The molecule has 0 aliphatic heterocycles. The number of benzene rings is 2. The quantitative estimate of drug-likeness (QED) is 0.870. The average Bonchev–Trinajstić information content (AvgIpc) is 2.44. The molecule has 2 aromatic carbocycles. The van der Waals surface area contributed by atoms with E-state index < -0.39 is 5.97 Å². The summed E-state index contributed by atoms with van der Waals surface area (Å²) in [5.41, 5.74) is 1.76. The van der Waals surface area contributed by atoms with Crippen LogP contribution in [0, 0.1) is 0 Å². The topological polar surface area (TPSA) is 40.5 Å². The van der Waals surface area contributed by atoms with Gasteiger partial charge in [0.25, 0.3) is 0 Å². The zero-order chi connectivity index (χ0) is 15.4. The number of rotatable bonds is 5. The lowest BCUT2D eigenvalue weighted by molar-refractivity contribution is -0.135. The van der Waals surface area contributed by atoms with Gasteiger partial charge in [0.05, 0.1) is 6.04 Å². The molecule has 0 saturated heterocycles. The van der Waals surface area contributed by atoms with Crippen LogP contribution in [-0.2, 0) is 4.79 Å². The predicted octanol–water partition coefficient (Wildman–Crippen LogP) is 4.65. The summed E-state index contributed by atoms with van der Waals surface area (Å²) in [5.74, 6) is -0.893. The molecule has 2 rings (SSSR count). The van der Waals surface area contributed by atoms with E-state index in [1.807, 2.05) is 25.1 Å². The molecule has 2 aromatic rings. The minimum absolute atomic E-state index is 0.107. The minimum atomic E-state index is -0.893. The number of carbonyl (C=O) groups is 1. The Morgan fingerprint density at radius 1 is 1.14 bits per heavy atom. The van der Waals surface area contributed by atoms with Gasteiger partial charge >= 0.3 is 5.97 Å². The Bertz CT molecular complexity index is 628. The van der Waals surface area contributed by atoms with Gasteiger partial charge in [-0.05, 0) is 42.8 Å². The van der Waals surface area contributed by atoms with Crippen LogP contribution in [0.1, 0.15) is 18.5 Å². The van der Waals surface area contributed by atoms with Crippen molar-refractivity contribution in [3.8, 4) is 0 Å². The Balaban J connectivity index is 2.35. The molecule has 0 bridgehead atoms. The molecule has 0 aromatic heterocycles. The van der Waals surface area contributed by atoms with Crippen LogP contribution in [0.15, 0.2) is 48.5 Å². The summed E-state index contributed by atoms with van der Waals surface area (Å²) < 4.78 is 0. The fraction of sp³-hybridized carbons (Fsp3) is 0.188. The normalized spacial score (nSPS) is 12.0. The van der Waals surface area contributed by atoms with Gasteiger partial charge in [-0.25, -0.2) is 0 Å². The monoisotopic (exact) mass is 323 g/mol. The standard InChI is InChI=1S/C16H15Cl2NO2/c1-11(12-5-7-13(17)8-6-12)19(10-16(20)21)15-4-2-3-14(18)9-15/h2-9,11H,10H2,1H3,(H,20,21). The Morgan fingerprint density at radius 3 is 2.38 bits per heavy atom. The van der Waals surface area contributed by atoms with Crippen molar-refractivity contribution in [2.75, 3.05) is 11.4 Å². The van der Waals surface area contributed by atoms with Crippen LogP contribution in [-0.4, -0.2) is 17.6 Å². The summed E-state index contributed by atoms with van der Waals surface area (Å²) >= 11 is 11.9. The summed E-state index contributed by atoms with van der Waals surface area (Å²) in [5, 5.41) is 10.4. The first-order valence-electron chi connectivity index (χ1n) is 6.47. The minimum Gasteiger partial charge on any atom is -0.480 e. The van der Waals surface area contributed by atoms with Crippen molar-refractivity contribution in [1.29, 1.82) is 0 Å². The second kappa shape index (κ2) is 6.83. The number of hydrogen-bond acceptors (Lipinski definition) is 2. The van der Waals surface area contributed by atoms with E-state index in [2.05, 4.69) is 0 Å². The maximum atomic E-state index is 11.2. The fourth-order valence-corrected chi connectivity index (χ4v) is 2.48. The molecule has 0 heterocycles. The molecular weight excluding hydrogens is 309 g/mol. The molecule has 0 saturated carbocycles. The van der Waals surface area contributed by atoms with E-state index in [0.717, 1.165) is 11.3 Å². The lowest BCUT2D eigenvalue weighted by Crippen LogP contribution is -2.32. The molecule has 21 heavy (non-hydrogen) atoms. The summed E-state index contributed by atoms with van der Waals surface area (Å²) in [4.78, 5) is 13.0. The molecule has 5 heteroatoms. The third-order valence-electron chi connectivity index (χ3n) is 3.27. The lowest BCUT2D eigenvalue weighted by atomic mass is 10.1. The molecule has 110 valence electrons. The van der Waals surface area contributed by atoms with E-state index in [1.54, 1.807) is 35.2 Å². The molecule has 0 aliphatic carbocycles. The Morgan fingerprint density at radius 2 is 1.81 bits per heavy atom. The molecule has 1 atom stereocenters. The highest BCUT2D eigenvalue weighted by atomic mass is 35.5. The van der Waals surface area contributed by atoms with Crippen LogP contribution in [0.3, 0.4) is 0 Å². The first kappa shape index (κ1) is 15.7. The summed E-state index contributed by atoms with van der Waals surface area (Å²) in [7, 11) is 0. The summed E-state index contributed by atoms with van der Waals surface area (Å²) in [6.07, 6.45) is 0. The van der Waals surface area contributed by atoms with E-state index >= 15 is 0 Å². The Kier molecular flexibility index (Phi) is 5.10. The van der Waals surface area contributed by atoms with Crippen molar-refractivity contribution in [2.24, 2.45) is 0 Å². The number of nitrogens with zero attached hydrogens (tertiary/aromatic N) is 1. The second-order valence-corrected chi connectivity index (χ2v) is 5.60. The third-order valence-corrected chi connectivity index (χ3v) is 3.75. The summed E-state index contributed by atoms with van der Waals surface area (Å²) in [6.45, 7) is 1.84. The molecule has 0 amide bonds. The van der Waals surface area contributed by atoms with Crippen LogP contribution in [0.5, 0.6) is 0 Å². The average molecular weight is 324 g/mol. The van der Waals surface area contributed by atoms with Crippen LogP contribution < -0.4 is 4.90 Å². The van der Waals surface area contributed by atoms with Gasteiger partial charge in [0.2, 0.25) is 0 Å². The third kappa shape index (κ3) is 4.13. The lowest BCUT2D eigenvalue weighted by Gasteiger charge is -2.30. The van der Waals surface area contributed by atoms with Gasteiger partial charge in [-0.15, -0.1) is 0 Å². The molecule has 0 aliphatic rings. The van der Waals surface area contributed by atoms with Crippen LogP contribution in [0.2, 0.25) is 10.0 Å². The second-order valence-electron chi connectivity index (χ2n) is 4.73. The molecule has 0 radical (unpaired) electrons. The zero-order valence-corrected chi connectivity index (χ0v) is 13.0. The van der Waals surface area contributed by atoms with Gasteiger partial charge in [-0.2, -0.15) is 0 Å². The van der Waals surface area contributed by atoms with Gasteiger partial charge in [0.1, 0.15) is 6.54 Å². The van der Waals surface area contributed by atoms with Crippen molar-refractivity contribution in [3.63, 3.8) is 0 Å². The van der Waals surface area contributed by atoms with Gasteiger partial charge in [-0.3, -0.25) is 4.79 Å². The highest BCUT2D eigenvalue weighted by Crippen LogP contribution is 2.29. The van der Waals surface area contributed by atoms with E-state index in [0.29, 0.717) is 10.0 Å². The number of halogens is 2. The largest absolute Gasteiger partial charge is 0.480 e. The molecule has 0 fully saturated rings. The first-order chi connectivity index (χ1) is 9.97. The van der Waals surface area contributed by atoms with Crippen molar-refractivity contribution >= 4 is 34.9 Å². The molecule has 3 nitrogen and oxygen atoms in total. The van der Waals surface area contributed by atoms with E-state index in [9.17, 15) is 4.79 Å². The summed E-state index contributed by atoms with van der Waals surface area (Å²) in [6, 6.07) is 14.4. The molecule has 1 unspecified atom stereocenters. The highest BCUT2D eigenvalue weighted by molar-refractivity contribution is 6.31. The van der Waals surface area contributed by atoms with Crippen molar-refractivity contribution in [3.05, 3.63) is 64.1 Å². The van der Waals surface area contributed by atoms with Gasteiger partial charge in [-0.1, -0.05) is 41.4 Å². The Hall–Kier alpha value is -1.71. The first-order valence-corrected chi connectivity index (χ1v) is 7.22. The maximum absolute atomic E-state index is 11.2. The number of hydrogen-bond donors (Lipinski definition) is 1. The van der Waals surface area contributed by atoms with Gasteiger partial charge in [0, 0.05) is 15.7 Å². The van der Waals surface area contributed by atoms with Crippen LogP contribution in [0.25, 0.3) is 0 Å². The molecule has 0 spiro atoms. The number of carboxylic acids is 1. The fourth-order valence-electron chi connectivity index (χ4n) is 2.17. The number of anilines is 1. The maximum Gasteiger partial charge on any atom is 0.323 e. The van der Waals surface area contributed by atoms with E-state index in [-0.39, 0.29) is 12.6 Å². The van der Waals surface area contributed by atoms with E-state index in [4.69, 9.17) is 28.3 Å². The number of aliphatic carboxylic acids is 1. The van der Waals surface area contributed by atoms with Gasteiger partial charge < -0.3 is 10.0 Å². The van der Waals surface area contributed by atoms with Crippen LogP contribution in [0.4, 0.5) is 5.69 Å². The molecule has 1 N–H and O–H groups in total.